The van der Waals surface area contributed by atoms with Crippen molar-refractivity contribution in [2.24, 2.45) is 0 Å². The third-order valence-electron chi connectivity index (χ3n) is 4.43. The molecule has 1 N–H and O–H groups in total. The van der Waals surface area contributed by atoms with Crippen molar-refractivity contribution < 1.29 is 9.53 Å². The normalized spacial score (nSPS) is 17.2. The number of carbonyl (C=O) groups is 1. The Morgan fingerprint density at radius 1 is 1.20 bits per heavy atom. The Balaban J connectivity index is 1.68. The number of anilines is 3. The van der Waals surface area contributed by atoms with Crippen LogP contribution in [0.1, 0.15) is 6.92 Å². The van der Waals surface area contributed by atoms with Gasteiger partial charge >= 0.3 is 0 Å². The van der Waals surface area contributed by atoms with E-state index in [0.29, 0.717) is 19.7 Å². The molecule has 1 aliphatic heterocycles. The van der Waals surface area contributed by atoms with Crippen LogP contribution in [0.5, 0.6) is 0 Å². The van der Waals surface area contributed by atoms with Crippen molar-refractivity contribution in [3.63, 3.8) is 0 Å². The largest absolute Gasteiger partial charge is 0.375 e. The summed E-state index contributed by atoms with van der Waals surface area (Å²) in [5.74, 6) is 0.104. The van der Waals surface area contributed by atoms with Gasteiger partial charge in [0, 0.05) is 25.8 Å². The van der Waals surface area contributed by atoms with E-state index in [0.717, 1.165) is 17.1 Å². The fraction of sp³-hybridized carbons (Fsp3) is 0.350. The van der Waals surface area contributed by atoms with Gasteiger partial charge < -0.3 is 19.9 Å². The standard InChI is InChI=1S/C20H25N3O2/c1-16-15-23(12-13-25-16)20(24)14-21-18-10-6-7-11-19(18)22(2)17-8-4-3-5-9-17/h3-11,16,21H,12-15H2,1-2H3/t16-/m1/s1. The van der Waals surface area contributed by atoms with Crippen LogP contribution in [0, 0.1) is 0 Å². The van der Waals surface area contributed by atoms with Gasteiger partial charge in [-0.15, -0.1) is 0 Å². The van der Waals surface area contributed by atoms with Gasteiger partial charge in [0.15, 0.2) is 0 Å². The Morgan fingerprint density at radius 3 is 2.68 bits per heavy atom. The van der Waals surface area contributed by atoms with Gasteiger partial charge in [0.1, 0.15) is 0 Å². The minimum absolute atomic E-state index is 0.104. The highest BCUT2D eigenvalue weighted by Crippen LogP contribution is 2.30. The number of hydrogen-bond donors (Lipinski definition) is 1. The molecule has 5 heteroatoms. The van der Waals surface area contributed by atoms with Gasteiger partial charge in [-0.2, -0.15) is 0 Å². The predicted octanol–water partition coefficient (Wildman–Crippen LogP) is 3.11. The highest BCUT2D eigenvalue weighted by molar-refractivity contribution is 5.84. The average Bonchev–Trinajstić information content (AvgIpc) is 2.66. The van der Waals surface area contributed by atoms with Crippen molar-refractivity contribution in [3.8, 4) is 0 Å². The number of ether oxygens (including phenoxy) is 1. The van der Waals surface area contributed by atoms with Gasteiger partial charge in [-0.3, -0.25) is 4.79 Å². The van der Waals surface area contributed by atoms with E-state index < -0.39 is 0 Å². The van der Waals surface area contributed by atoms with E-state index >= 15 is 0 Å². The van der Waals surface area contributed by atoms with Gasteiger partial charge in [0.2, 0.25) is 5.91 Å². The van der Waals surface area contributed by atoms with Crippen molar-refractivity contribution >= 4 is 23.0 Å². The van der Waals surface area contributed by atoms with Crippen LogP contribution < -0.4 is 10.2 Å². The van der Waals surface area contributed by atoms with Crippen LogP contribution in [0.15, 0.2) is 54.6 Å². The van der Waals surface area contributed by atoms with Crippen LogP contribution in [-0.4, -0.2) is 50.2 Å². The molecule has 132 valence electrons. The van der Waals surface area contributed by atoms with Crippen LogP contribution in [0.25, 0.3) is 0 Å². The number of benzene rings is 2. The van der Waals surface area contributed by atoms with Crippen LogP contribution >= 0.6 is 0 Å². The lowest BCUT2D eigenvalue weighted by molar-refractivity contribution is -0.136. The number of morpholine rings is 1. The molecule has 0 aromatic heterocycles. The molecule has 1 fully saturated rings. The maximum absolute atomic E-state index is 12.5. The van der Waals surface area contributed by atoms with E-state index in [9.17, 15) is 4.79 Å². The molecule has 0 unspecified atom stereocenters. The van der Waals surface area contributed by atoms with E-state index in [1.165, 1.54) is 0 Å². The number of nitrogens with one attached hydrogen (secondary N) is 1. The first-order valence-electron chi connectivity index (χ1n) is 8.66. The molecule has 1 saturated heterocycles. The summed E-state index contributed by atoms with van der Waals surface area (Å²) in [6.45, 7) is 4.21. The molecule has 0 radical (unpaired) electrons. The maximum atomic E-state index is 12.5. The molecular weight excluding hydrogens is 314 g/mol. The van der Waals surface area contributed by atoms with E-state index in [1.807, 2.05) is 55.3 Å². The summed E-state index contributed by atoms with van der Waals surface area (Å²) in [6.07, 6.45) is 0.106. The molecule has 1 aliphatic rings. The van der Waals surface area contributed by atoms with Crippen LogP contribution in [0.3, 0.4) is 0 Å². The third-order valence-corrected chi connectivity index (χ3v) is 4.43. The van der Waals surface area contributed by atoms with Gasteiger partial charge in [0.25, 0.3) is 0 Å². The number of amides is 1. The van der Waals surface area contributed by atoms with E-state index in [2.05, 4.69) is 28.4 Å². The maximum Gasteiger partial charge on any atom is 0.242 e. The number of hydrogen-bond acceptors (Lipinski definition) is 4. The SMILES string of the molecule is C[C@@H]1CN(C(=O)CNc2ccccc2N(C)c2ccccc2)CCO1. The molecule has 1 amide bonds. The van der Waals surface area contributed by atoms with Crippen molar-refractivity contribution in [2.75, 3.05) is 43.5 Å². The summed E-state index contributed by atoms with van der Waals surface area (Å²) in [7, 11) is 2.03. The van der Waals surface area contributed by atoms with Crippen molar-refractivity contribution in [3.05, 3.63) is 54.6 Å². The lowest BCUT2D eigenvalue weighted by atomic mass is 10.2. The van der Waals surface area contributed by atoms with Gasteiger partial charge in [0.05, 0.1) is 30.6 Å². The van der Waals surface area contributed by atoms with Crippen LogP contribution in [0.2, 0.25) is 0 Å². The topological polar surface area (TPSA) is 44.8 Å². The highest BCUT2D eigenvalue weighted by Gasteiger charge is 2.21. The molecule has 5 nitrogen and oxygen atoms in total. The molecule has 0 spiro atoms. The molecule has 3 rings (SSSR count). The first-order chi connectivity index (χ1) is 12.1. The first-order valence-corrected chi connectivity index (χ1v) is 8.66. The number of para-hydroxylation sites is 3. The zero-order valence-electron chi connectivity index (χ0n) is 14.8. The zero-order chi connectivity index (χ0) is 17.6. The van der Waals surface area contributed by atoms with Crippen molar-refractivity contribution in [1.29, 1.82) is 0 Å². The minimum Gasteiger partial charge on any atom is -0.375 e. The second kappa shape index (κ2) is 8.03. The monoisotopic (exact) mass is 339 g/mol. The number of rotatable bonds is 5. The molecular formula is C20H25N3O2. The van der Waals surface area contributed by atoms with E-state index in [1.54, 1.807) is 0 Å². The van der Waals surface area contributed by atoms with Crippen LogP contribution in [-0.2, 0) is 9.53 Å². The molecule has 1 heterocycles. The summed E-state index contributed by atoms with van der Waals surface area (Å²) < 4.78 is 5.50. The molecule has 2 aromatic carbocycles. The summed E-state index contributed by atoms with van der Waals surface area (Å²) in [6, 6.07) is 18.2. The summed E-state index contributed by atoms with van der Waals surface area (Å²) in [4.78, 5) is 16.4. The molecule has 2 aromatic rings. The van der Waals surface area contributed by atoms with E-state index in [4.69, 9.17) is 4.74 Å². The third kappa shape index (κ3) is 4.31. The smallest absolute Gasteiger partial charge is 0.242 e. The first kappa shape index (κ1) is 17.3. The van der Waals surface area contributed by atoms with E-state index in [-0.39, 0.29) is 18.6 Å². The van der Waals surface area contributed by atoms with Gasteiger partial charge in [-0.05, 0) is 31.2 Å². The quantitative estimate of drug-likeness (QED) is 0.909. The summed E-state index contributed by atoms with van der Waals surface area (Å²) in [5, 5.41) is 3.30. The lowest BCUT2D eigenvalue weighted by Crippen LogP contribution is -2.46. The number of nitrogens with zero attached hydrogens (tertiary/aromatic N) is 2. The fourth-order valence-electron chi connectivity index (χ4n) is 3.03. The lowest BCUT2D eigenvalue weighted by Gasteiger charge is -2.31. The highest BCUT2D eigenvalue weighted by atomic mass is 16.5. The van der Waals surface area contributed by atoms with Gasteiger partial charge in [-0.25, -0.2) is 0 Å². The zero-order valence-corrected chi connectivity index (χ0v) is 14.8. The molecule has 1 atom stereocenters. The van der Waals surface area contributed by atoms with Crippen molar-refractivity contribution in [1.82, 2.24) is 4.90 Å². The fourth-order valence-corrected chi connectivity index (χ4v) is 3.03. The van der Waals surface area contributed by atoms with Crippen LogP contribution in [0.4, 0.5) is 17.1 Å². The van der Waals surface area contributed by atoms with Gasteiger partial charge in [-0.1, -0.05) is 30.3 Å². The Hall–Kier alpha value is -2.53. The molecule has 25 heavy (non-hydrogen) atoms. The van der Waals surface area contributed by atoms with Crippen molar-refractivity contribution in [2.45, 2.75) is 13.0 Å². The Morgan fingerprint density at radius 2 is 1.92 bits per heavy atom. The summed E-state index contributed by atoms with van der Waals surface area (Å²) >= 11 is 0. The molecule has 0 saturated carbocycles. The second-order valence-corrected chi connectivity index (χ2v) is 6.29. The summed E-state index contributed by atoms with van der Waals surface area (Å²) in [5.41, 5.74) is 3.09. The molecule has 0 bridgehead atoms. The Bertz CT molecular complexity index is 705. The Kier molecular flexibility index (Phi) is 5.56. The minimum atomic E-state index is 0.104. The average molecular weight is 339 g/mol. The predicted molar refractivity (Wildman–Crippen MR) is 101 cm³/mol. The second-order valence-electron chi connectivity index (χ2n) is 6.29. The number of carbonyl (C=O) groups excluding carboxylic acids is 1. The Labute approximate surface area is 149 Å². The molecule has 0 aliphatic carbocycles.